The largest absolute Gasteiger partial charge is 0.439 e. The van der Waals surface area contributed by atoms with Gasteiger partial charge in [0.05, 0.1) is 11.3 Å². The Balaban J connectivity index is 1.12. The van der Waals surface area contributed by atoms with Crippen molar-refractivity contribution >= 4 is 27.7 Å². The average molecular weight is 639 g/mol. The minimum atomic E-state index is -3.50. The van der Waals surface area contributed by atoms with E-state index in [0.29, 0.717) is 40.9 Å². The van der Waals surface area contributed by atoms with Gasteiger partial charge in [-0.25, -0.2) is 9.67 Å². The molecule has 11 heteroatoms. The van der Waals surface area contributed by atoms with E-state index >= 15 is 0 Å². The molecule has 42 heavy (non-hydrogen) atoms. The number of carbonyl (C=O) groups is 2. The molecule has 2 aromatic carbocycles. The van der Waals surface area contributed by atoms with Gasteiger partial charge in [0, 0.05) is 36.7 Å². The first kappa shape index (κ1) is 29.4. The van der Waals surface area contributed by atoms with Gasteiger partial charge in [0.15, 0.2) is 16.3 Å². The third-order valence-electron chi connectivity index (χ3n) is 7.35. The summed E-state index contributed by atoms with van der Waals surface area (Å²) in [5, 5.41) is 9.42. The highest BCUT2D eigenvalue weighted by atomic mass is 79.9. The number of halogens is 3. The normalized spacial score (nSPS) is 17.0. The third-order valence-corrected chi connectivity index (χ3v) is 7.88. The Bertz CT molecular complexity index is 1550. The van der Waals surface area contributed by atoms with Crippen LogP contribution in [-0.2, 0) is 10.7 Å². The number of carbonyl (C=O) groups excluding carboxylic acids is 2. The molecule has 0 saturated heterocycles. The molecule has 1 fully saturated rings. The van der Waals surface area contributed by atoms with E-state index in [1.54, 1.807) is 30.3 Å². The van der Waals surface area contributed by atoms with E-state index in [4.69, 9.17) is 4.42 Å². The summed E-state index contributed by atoms with van der Waals surface area (Å²) in [6.07, 6.45) is 4.62. The fourth-order valence-corrected chi connectivity index (χ4v) is 5.54. The Hall–Kier alpha value is -4.12. The van der Waals surface area contributed by atoms with Crippen molar-refractivity contribution in [2.45, 2.75) is 37.5 Å². The SMILES string of the molecule is C=CC(F)(F)c1nn(-c2ccccc2)cc1C(=O)NCCNC(=O)C1CCC(c2nc(Br)c(-c3ccccc3)o2)CC1. The van der Waals surface area contributed by atoms with Crippen molar-refractivity contribution in [1.82, 2.24) is 25.4 Å². The van der Waals surface area contributed by atoms with Gasteiger partial charge in [0.2, 0.25) is 5.91 Å². The van der Waals surface area contributed by atoms with Crippen LogP contribution >= 0.6 is 15.9 Å². The Kier molecular flexibility index (Phi) is 8.96. The lowest BCUT2D eigenvalue weighted by Gasteiger charge is -2.26. The van der Waals surface area contributed by atoms with E-state index < -0.39 is 17.5 Å². The Morgan fingerprint density at radius 1 is 1.02 bits per heavy atom. The standard InChI is InChI=1S/C31H30BrF2N5O3/c1-2-31(33,34)26-24(19-39(38-26)23-11-7-4-8-12-23)29(41)36-18-17-35-28(40)21-13-15-22(16-14-21)30-37-27(32)25(42-30)20-9-5-3-6-10-20/h2-12,19,21-22H,1,13-18H2,(H,35,40)(H,36,41). The molecular weight excluding hydrogens is 608 g/mol. The van der Waals surface area contributed by atoms with E-state index in [1.807, 2.05) is 30.3 Å². The number of alkyl halides is 2. The summed E-state index contributed by atoms with van der Waals surface area (Å²) >= 11 is 3.50. The highest BCUT2D eigenvalue weighted by molar-refractivity contribution is 9.10. The molecule has 0 bridgehead atoms. The summed E-state index contributed by atoms with van der Waals surface area (Å²) in [5.41, 5.74) is 0.529. The van der Waals surface area contributed by atoms with E-state index in [9.17, 15) is 18.4 Å². The van der Waals surface area contributed by atoms with Gasteiger partial charge in [-0.2, -0.15) is 13.9 Å². The first-order valence-corrected chi connectivity index (χ1v) is 14.5. The monoisotopic (exact) mass is 637 g/mol. The maximum Gasteiger partial charge on any atom is 0.310 e. The number of nitrogens with one attached hydrogen (secondary N) is 2. The number of allylic oxidation sites excluding steroid dienone is 1. The third kappa shape index (κ3) is 6.51. The molecule has 4 aromatic rings. The molecule has 2 aromatic heterocycles. The number of amides is 2. The topological polar surface area (TPSA) is 102 Å². The van der Waals surface area contributed by atoms with Crippen molar-refractivity contribution in [2.75, 3.05) is 13.1 Å². The number of nitrogens with zero attached hydrogens (tertiary/aromatic N) is 3. The minimum Gasteiger partial charge on any atom is -0.439 e. The van der Waals surface area contributed by atoms with Gasteiger partial charge in [0.1, 0.15) is 5.69 Å². The lowest BCUT2D eigenvalue weighted by molar-refractivity contribution is -0.126. The zero-order chi connectivity index (χ0) is 29.7. The van der Waals surface area contributed by atoms with Crippen LogP contribution in [0.1, 0.15) is 53.5 Å². The summed E-state index contributed by atoms with van der Waals surface area (Å²) in [6.45, 7) is 3.42. The molecule has 0 radical (unpaired) electrons. The number of hydrogen-bond acceptors (Lipinski definition) is 5. The first-order valence-electron chi connectivity index (χ1n) is 13.7. The molecule has 2 heterocycles. The lowest BCUT2D eigenvalue weighted by atomic mass is 9.81. The highest BCUT2D eigenvalue weighted by Gasteiger charge is 2.36. The molecule has 1 aliphatic carbocycles. The van der Waals surface area contributed by atoms with Gasteiger partial charge in [-0.05, 0) is 59.8 Å². The van der Waals surface area contributed by atoms with Crippen LogP contribution < -0.4 is 10.6 Å². The van der Waals surface area contributed by atoms with Crippen molar-refractivity contribution in [3.63, 3.8) is 0 Å². The predicted octanol–water partition coefficient (Wildman–Crippen LogP) is 6.39. The number of benzene rings is 2. The number of para-hydroxylation sites is 1. The first-order chi connectivity index (χ1) is 20.3. The maximum atomic E-state index is 14.5. The molecule has 2 N–H and O–H groups in total. The molecule has 0 aliphatic heterocycles. The van der Waals surface area contributed by atoms with Crippen LogP contribution in [0.3, 0.4) is 0 Å². The van der Waals surface area contributed by atoms with E-state index in [2.05, 4.69) is 43.2 Å². The van der Waals surface area contributed by atoms with Gasteiger partial charge >= 0.3 is 5.92 Å². The summed E-state index contributed by atoms with van der Waals surface area (Å²) in [7, 11) is 0. The van der Waals surface area contributed by atoms with Gasteiger partial charge in [-0.1, -0.05) is 55.1 Å². The molecule has 1 saturated carbocycles. The van der Waals surface area contributed by atoms with Gasteiger partial charge in [-0.3, -0.25) is 9.59 Å². The van der Waals surface area contributed by atoms with Crippen LogP contribution in [0.15, 0.2) is 88.5 Å². The predicted molar refractivity (Wildman–Crippen MR) is 157 cm³/mol. The van der Waals surface area contributed by atoms with Crippen LogP contribution in [0.4, 0.5) is 8.78 Å². The number of oxazole rings is 1. The number of hydrogen-bond donors (Lipinski definition) is 2. The molecule has 0 atom stereocenters. The van der Waals surface area contributed by atoms with Gasteiger partial charge in [-0.15, -0.1) is 0 Å². The molecule has 2 amide bonds. The smallest absolute Gasteiger partial charge is 0.310 e. The van der Waals surface area contributed by atoms with Gasteiger partial charge < -0.3 is 15.1 Å². The Morgan fingerprint density at radius 2 is 1.67 bits per heavy atom. The fraction of sp³-hybridized carbons (Fsp3) is 0.290. The Labute approximate surface area is 250 Å². The lowest BCUT2D eigenvalue weighted by Crippen LogP contribution is -2.38. The van der Waals surface area contributed by atoms with Crippen molar-refractivity contribution < 1.29 is 22.8 Å². The molecule has 8 nitrogen and oxygen atoms in total. The van der Waals surface area contributed by atoms with E-state index in [1.165, 1.54) is 10.9 Å². The van der Waals surface area contributed by atoms with Crippen molar-refractivity contribution in [3.05, 3.63) is 101 Å². The van der Waals surface area contributed by atoms with Crippen LogP contribution in [0.5, 0.6) is 0 Å². The van der Waals surface area contributed by atoms with E-state index in [0.717, 1.165) is 18.4 Å². The van der Waals surface area contributed by atoms with Crippen molar-refractivity contribution in [3.8, 4) is 17.0 Å². The van der Waals surface area contributed by atoms with Crippen LogP contribution in [0.2, 0.25) is 0 Å². The van der Waals surface area contributed by atoms with Crippen molar-refractivity contribution in [2.24, 2.45) is 5.92 Å². The van der Waals surface area contributed by atoms with E-state index in [-0.39, 0.29) is 36.4 Å². The molecule has 1 aliphatic rings. The van der Waals surface area contributed by atoms with Crippen LogP contribution in [0, 0.1) is 5.92 Å². The molecular formula is C31H30BrF2N5O3. The van der Waals surface area contributed by atoms with Crippen LogP contribution in [-0.4, -0.2) is 39.7 Å². The minimum absolute atomic E-state index is 0.0716. The summed E-state index contributed by atoms with van der Waals surface area (Å²) in [4.78, 5) is 30.2. The summed E-state index contributed by atoms with van der Waals surface area (Å²) < 4.78 is 37.0. The molecule has 5 rings (SSSR count). The summed E-state index contributed by atoms with van der Waals surface area (Å²) in [6, 6.07) is 18.4. The molecule has 0 spiro atoms. The number of rotatable bonds is 10. The highest BCUT2D eigenvalue weighted by Crippen LogP contribution is 2.39. The number of aromatic nitrogens is 3. The molecule has 0 unspecified atom stereocenters. The fourth-order valence-electron chi connectivity index (χ4n) is 5.06. The van der Waals surface area contributed by atoms with Crippen LogP contribution in [0.25, 0.3) is 17.0 Å². The zero-order valence-electron chi connectivity index (χ0n) is 22.7. The quantitative estimate of drug-likeness (QED) is 0.155. The van der Waals surface area contributed by atoms with Crippen molar-refractivity contribution in [1.29, 1.82) is 0 Å². The van der Waals surface area contributed by atoms with Gasteiger partial charge in [0.25, 0.3) is 5.91 Å². The second-order valence-electron chi connectivity index (χ2n) is 10.1. The molecule has 218 valence electrons. The average Bonchev–Trinajstić information content (AvgIpc) is 3.65. The second kappa shape index (κ2) is 12.8. The summed E-state index contributed by atoms with van der Waals surface area (Å²) in [5.74, 6) is -2.98. The second-order valence-corrected chi connectivity index (χ2v) is 10.9. The zero-order valence-corrected chi connectivity index (χ0v) is 24.3. The maximum absolute atomic E-state index is 14.5. The Morgan fingerprint density at radius 3 is 2.33 bits per heavy atom.